The van der Waals surface area contributed by atoms with E-state index in [0.717, 1.165) is 27.6 Å². The number of anilines is 1. The Bertz CT molecular complexity index is 1380. The molecular weight excluding hydrogens is 444 g/mol. The molecule has 2 N–H and O–H groups in total. The first kappa shape index (κ1) is 22.3. The molecule has 2 heterocycles. The summed E-state index contributed by atoms with van der Waals surface area (Å²) in [5.41, 5.74) is 4.19. The molecule has 0 unspecified atom stereocenters. The minimum atomic E-state index is -0.647. The van der Waals surface area contributed by atoms with Crippen molar-refractivity contribution >= 4 is 34.3 Å². The molecule has 1 aliphatic rings. The van der Waals surface area contributed by atoms with Crippen LogP contribution in [0.1, 0.15) is 18.4 Å². The van der Waals surface area contributed by atoms with Crippen LogP contribution in [0.3, 0.4) is 0 Å². The van der Waals surface area contributed by atoms with Crippen LogP contribution in [0.2, 0.25) is 0 Å². The molecule has 1 fully saturated rings. The summed E-state index contributed by atoms with van der Waals surface area (Å²) in [7, 11) is 0. The lowest BCUT2D eigenvalue weighted by atomic mass is 10.0. The monoisotopic (exact) mass is 468 g/mol. The molecular formula is C27H24N4O4. The third-order valence-electron chi connectivity index (χ3n) is 6.17. The summed E-state index contributed by atoms with van der Waals surface area (Å²) in [6.45, 7) is 0.593. The van der Waals surface area contributed by atoms with Gasteiger partial charge in [-0.1, -0.05) is 36.4 Å². The number of aromatic amines is 1. The number of fused-ring (bicyclic) bond motifs is 1. The minimum Gasteiger partial charge on any atom is -0.445 e. The van der Waals surface area contributed by atoms with Crippen LogP contribution >= 0.6 is 0 Å². The van der Waals surface area contributed by atoms with Gasteiger partial charge in [0.15, 0.2) is 0 Å². The number of amides is 2. The van der Waals surface area contributed by atoms with Crippen LogP contribution in [0.25, 0.3) is 22.0 Å². The third-order valence-corrected chi connectivity index (χ3v) is 6.17. The second-order valence-electron chi connectivity index (χ2n) is 8.52. The van der Waals surface area contributed by atoms with E-state index < -0.39 is 12.1 Å². The maximum atomic E-state index is 13.1. The molecule has 1 atom stereocenters. The molecule has 8 heteroatoms. The predicted molar refractivity (Wildman–Crippen MR) is 134 cm³/mol. The van der Waals surface area contributed by atoms with Crippen molar-refractivity contribution in [3.8, 4) is 11.1 Å². The molecule has 0 saturated carbocycles. The lowest BCUT2D eigenvalue weighted by Crippen LogP contribution is -2.43. The SMILES string of the molecule is O=Nc1cc(NC(=O)[C@@H]2CCCN2C(=O)OCc2ccccc2)cc(-c2ccc3[nH]ccc3c2)c1. The van der Waals surface area contributed by atoms with Crippen LogP contribution in [0, 0.1) is 4.91 Å². The number of hydrogen-bond donors (Lipinski definition) is 2. The molecule has 0 radical (unpaired) electrons. The molecule has 4 aromatic rings. The molecule has 1 aliphatic heterocycles. The highest BCUT2D eigenvalue weighted by molar-refractivity contribution is 5.98. The van der Waals surface area contributed by atoms with E-state index in [1.807, 2.05) is 60.8 Å². The number of nitrogens with zero attached hydrogens (tertiary/aromatic N) is 2. The van der Waals surface area contributed by atoms with Crippen LogP contribution in [0.4, 0.5) is 16.2 Å². The number of benzene rings is 3. The van der Waals surface area contributed by atoms with E-state index in [9.17, 15) is 14.5 Å². The van der Waals surface area contributed by atoms with Gasteiger partial charge < -0.3 is 15.0 Å². The van der Waals surface area contributed by atoms with Gasteiger partial charge >= 0.3 is 6.09 Å². The van der Waals surface area contributed by atoms with E-state index >= 15 is 0 Å². The Balaban J connectivity index is 1.31. The molecule has 35 heavy (non-hydrogen) atoms. The molecule has 1 saturated heterocycles. The molecule has 176 valence electrons. The maximum absolute atomic E-state index is 13.1. The lowest BCUT2D eigenvalue weighted by Gasteiger charge is -2.23. The summed E-state index contributed by atoms with van der Waals surface area (Å²) in [5, 5.41) is 6.98. The zero-order chi connectivity index (χ0) is 24.2. The van der Waals surface area contributed by atoms with Gasteiger partial charge in [-0.05, 0) is 76.5 Å². The number of aromatic nitrogens is 1. The maximum Gasteiger partial charge on any atom is 0.410 e. The molecule has 2 amide bonds. The molecule has 1 aromatic heterocycles. The highest BCUT2D eigenvalue weighted by Crippen LogP contribution is 2.31. The van der Waals surface area contributed by atoms with Gasteiger partial charge in [-0.15, -0.1) is 4.91 Å². The number of nitrogens with one attached hydrogen (secondary N) is 2. The Morgan fingerprint density at radius 2 is 1.89 bits per heavy atom. The van der Waals surface area contributed by atoms with Crippen molar-refractivity contribution in [1.29, 1.82) is 0 Å². The van der Waals surface area contributed by atoms with E-state index in [2.05, 4.69) is 15.5 Å². The van der Waals surface area contributed by atoms with Crippen molar-refractivity contribution in [3.63, 3.8) is 0 Å². The zero-order valence-corrected chi connectivity index (χ0v) is 18.9. The fourth-order valence-corrected chi connectivity index (χ4v) is 4.42. The van der Waals surface area contributed by atoms with Crippen LogP contribution in [-0.2, 0) is 16.1 Å². The first-order valence-corrected chi connectivity index (χ1v) is 11.4. The number of carbonyl (C=O) groups excluding carboxylic acids is 2. The van der Waals surface area contributed by atoms with E-state index in [-0.39, 0.29) is 18.2 Å². The van der Waals surface area contributed by atoms with E-state index in [0.29, 0.717) is 25.1 Å². The van der Waals surface area contributed by atoms with Gasteiger partial charge in [-0.3, -0.25) is 9.69 Å². The number of hydrogen-bond acceptors (Lipinski definition) is 5. The van der Waals surface area contributed by atoms with Crippen molar-refractivity contribution in [2.24, 2.45) is 5.18 Å². The molecule has 5 rings (SSSR count). The Kier molecular flexibility index (Phi) is 6.26. The lowest BCUT2D eigenvalue weighted by molar-refractivity contribution is -0.120. The van der Waals surface area contributed by atoms with Gasteiger partial charge in [-0.2, -0.15) is 0 Å². The zero-order valence-electron chi connectivity index (χ0n) is 18.9. The largest absolute Gasteiger partial charge is 0.445 e. The van der Waals surface area contributed by atoms with Gasteiger partial charge in [0.25, 0.3) is 0 Å². The topological polar surface area (TPSA) is 104 Å². The first-order valence-electron chi connectivity index (χ1n) is 11.4. The Hall–Kier alpha value is -4.46. The van der Waals surface area contributed by atoms with Gasteiger partial charge in [-0.25, -0.2) is 4.79 Å². The van der Waals surface area contributed by atoms with Crippen molar-refractivity contribution in [2.75, 3.05) is 11.9 Å². The standard InChI is InChI=1S/C27H24N4O4/c32-26(25-7-4-12-31(25)27(33)35-17-18-5-2-1-3-6-18)29-22-14-21(15-23(16-22)30-34)19-8-9-24-20(13-19)10-11-28-24/h1-3,5-6,8-11,13-16,25,28H,4,7,12,17H2,(H,29,32)/t25-/m0/s1. The molecule has 0 spiro atoms. The summed E-state index contributed by atoms with van der Waals surface area (Å²) >= 11 is 0. The molecule has 3 aromatic carbocycles. The highest BCUT2D eigenvalue weighted by atomic mass is 16.6. The summed E-state index contributed by atoms with van der Waals surface area (Å²) in [6, 6.07) is 21.6. The Morgan fingerprint density at radius 1 is 1.03 bits per heavy atom. The summed E-state index contributed by atoms with van der Waals surface area (Å²) in [4.78, 5) is 41.8. The number of H-pyrrole nitrogens is 1. The van der Waals surface area contributed by atoms with Crippen LogP contribution in [0.15, 0.2) is 84.2 Å². The highest BCUT2D eigenvalue weighted by Gasteiger charge is 2.35. The molecule has 0 bridgehead atoms. The number of rotatable bonds is 6. The second-order valence-corrected chi connectivity index (χ2v) is 8.52. The summed E-state index contributed by atoms with van der Waals surface area (Å²) in [5.74, 6) is -0.325. The van der Waals surface area contributed by atoms with Crippen molar-refractivity contribution in [3.05, 3.63) is 89.5 Å². The van der Waals surface area contributed by atoms with Gasteiger partial charge in [0, 0.05) is 23.9 Å². The van der Waals surface area contributed by atoms with Crippen molar-refractivity contribution in [1.82, 2.24) is 9.88 Å². The number of ether oxygens (including phenoxy) is 1. The molecule has 8 nitrogen and oxygen atoms in total. The first-order chi connectivity index (χ1) is 17.1. The minimum absolute atomic E-state index is 0.145. The quantitative estimate of drug-likeness (QED) is 0.340. The number of likely N-dealkylation sites (tertiary alicyclic amines) is 1. The summed E-state index contributed by atoms with van der Waals surface area (Å²) < 4.78 is 5.43. The summed E-state index contributed by atoms with van der Waals surface area (Å²) in [6.07, 6.45) is 2.59. The Morgan fingerprint density at radius 3 is 2.71 bits per heavy atom. The Labute approximate surface area is 201 Å². The van der Waals surface area contributed by atoms with Gasteiger partial charge in [0.1, 0.15) is 18.3 Å². The second kappa shape index (κ2) is 9.80. The predicted octanol–water partition coefficient (Wildman–Crippen LogP) is 5.97. The van der Waals surface area contributed by atoms with E-state index in [1.54, 1.807) is 12.1 Å². The fraction of sp³-hybridized carbons (Fsp3) is 0.185. The third kappa shape index (κ3) is 4.91. The van der Waals surface area contributed by atoms with Crippen LogP contribution in [-0.4, -0.2) is 34.5 Å². The normalized spacial score (nSPS) is 15.2. The fourth-order valence-electron chi connectivity index (χ4n) is 4.42. The smallest absolute Gasteiger partial charge is 0.410 e. The van der Waals surface area contributed by atoms with Gasteiger partial charge in [0.2, 0.25) is 5.91 Å². The average molecular weight is 469 g/mol. The van der Waals surface area contributed by atoms with Crippen molar-refractivity contribution < 1.29 is 14.3 Å². The van der Waals surface area contributed by atoms with E-state index in [4.69, 9.17) is 4.74 Å². The van der Waals surface area contributed by atoms with Crippen LogP contribution in [0.5, 0.6) is 0 Å². The van der Waals surface area contributed by atoms with Crippen LogP contribution < -0.4 is 5.32 Å². The number of nitroso groups, excluding NO2 is 1. The average Bonchev–Trinajstić information content (AvgIpc) is 3.57. The van der Waals surface area contributed by atoms with Gasteiger partial charge in [0.05, 0.1) is 0 Å². The molecule has 0 aliphatic carbocycles. The van der Waals surface area contributed by atoms with E-state index in [1.165, 1.54) is 11.0 Å². The van der Waals surface area contributed by atoms with Crippen molar-refractivity contribution in [2.45, 2.75) is 25.5 Å². The number of carbonyl (C=O) groups is 2.